The topological polar surface area (TPSA) is 56.3 Å². The van der Waals surface area contributed by atoms with E-state index in [9.17, 15) is 0 Å². The quantitative estimate of drug-likeness (QED) is 0.893. The van der Waals surface area contributed by atoms with Crippen LogP contribution in [0, 0.1) is 6.92 Å². The maximum atomic E-state index is 5.73. The van der Waals surface area contributed by atoms with Crippen LogP contribution in [0.3, 0.4) is 0 Å². The smallest absolute Gasteiger partial charge is 0.229 e. The van der Waals surface area contributed by atoms with Gasteiger partial charge in [0.05, 0.1) is 12.7 Å². The van der Waals surface area contributed by atoms with Gasteiger partial charge in [0.1, 0.15) is 12.1 Å². The summed E-state index contributed by atoms with van der Waals surface area (Å²) in [5.41, 5.74) is 1.98. The van der Waals surface area contributed by atoms with Gasteiger partial charge in [-0.25, -0.2) is 9.97 Å². The number of hydrogen-bond acceptors (Lipinski definition) is 5. The minimum atomic E-state index is 0.508. The molecule has 0 radical (unpaired) electrons. The van der Waals surface area contributed by atoms with E-state index in [1.807, 2.05) is 38.2 Å². The maximum absolute atomic E-state index is 5.73. The van der Waals surface area contributed by atoms with Gasteiger partial charge in [0.15, 0.2) is 0 Å². The lowest BCUT2D eigenvalue weighted by atomic mass is 10.2. The highest BCUT2D eigenvalue weighted by molar-refractivity contribution is 5.37. The molecule has 1 N–H and O–H groups in total. The van der Waals surface area contributed by atoms with Crippen molar-refractivity contribution in [1.82, 2.24) is 15.3 Å². The SMILES string of the molecule is CNCc1ccc(Oc2ncnc(OC)c2C)cc1. The van der Waals surface area contributed by atoms with Crippen molar-refractivity contribution in [2.24, 2.45) is 0 Å². The second-order valence-electron chi connectivity index (χ2n) is 4.09. The van der Waals surface area contributed by atoms with Crippen molar-refractivity contribution in [3.05, 3.63) is 41.7 Å². The highest BCUT2D eigenvalue weighted by atomic mass is 16.5. The molecular formula is C14H17N3O2. The standard InChI is InChI=1S/C14H17N3O2/c1-10-13(18-3)16-9-17-14(10)19-12-6-4-11(5-7-12)8-15-2/h4-7,9,15H,8H2,1-3H3. The fourth-order valence-corrected chi connectivity index (χ4v) is 1.72. The zero-order valence-corrected chi connectivity index (χ0v) is 11.3. The van der Waals surface area contributed by atoms with E-state index in [2.05, 4.69) is 15.3 Å². The molecule has 2 rings (SSSR count). The number of nitrogens with one attached hydrogen (secondary N) is 1. The lowest BCUT2D eigenvalue weighted by Crippen LogP contribution is -2.04. The first-order valence-corrected chi connectivity index (χ1v) is 6.01. The van der Waals surface area contributed by atoms with Crippen LogP contribution in [0.15, 0.2) is 30.6 Å². The fraction of sp³-hybridized carbons (Fsp3) is 0.286. The molecule has 2 aromatic rings. The van der Waals surface area contributed by atoms with Crippen LogP contribution in [-0.4, -0.2) is 24.1 Å². The van der Waals surface area contributed by atoms with Crippen LogP contribution < -0.4 is 14.8 Å². The van der Waals surface area contributed by atoms with Crippen LogP contribution >= 0.6 is 0 Å². The summed E-state index contributed by atoms with van der Waals surface area (Å²) in [6, 6.07) is 7.86. The van der Waals surface area contributed by atoms with E-state index in [0.717, 1.165) is 17.9 Å². The molecule has 19 heavy (non-hydrogen) atoms. The van der Waals surface area contributed by atoms with E-state index in [4.69, 9.17) is 9.47 Å². The Kier molecular flexibility index (Phi) is 4.30. The molecule has 1 aromatic heterocycles. The Bertz CT molecular complexity index is 541. The highest BCUT2D eigenvalue weighted by Gasteiger charge is 2.09. The Morgan fingerprint density at radius 3 is 2.42 bits per heavy atom. The number of benzene rings is 1. The van der Waals surface area contributed by atoms with Crippen molar-refractivity contribution in [3.63, 3.8) is 0 Å². The fourth-order valence-electron chi connectivity index (χ4n) is 1.72. The lowest BCUT2D eigenvalue weighted by molar-refractivity contribution is 0.382. The maximum Gasteiger partial charge on any atom is 0.229 e. The molecule has 0 amide bonds. The third-order valence-electron chi connectivity index (χ3n) is 2.70. The Balaban J connectivity index is 2.16. The van der Waals surface area contributed by atoms with Gasteiger partial charge in [-0.3, -0.25) is 0 Å². The Morgan fingerprint density at radius 1 is 1.11 bits per heavy atom. The van der Waals surface area contributed by atoms with Gasteiger partial charge in [-0.15, -0.1) is 0 Å². The molecule has 0 aliphatic rings. The number of aromatic nitrogens is 2. The van der Waals surface area contributed by atoms with Gasteiger partial charge in [-0.05, 0) is 31.7 Å². The van der Waals surface area contributed by atoms with E-state index in [1.54, 1.807) is 7.11 Å². The molecular weight excluding hydrogens is 242 g/mol. The third kappa shape index (κ3) is 3.20. The van der Waals surface area contributed by atoms with Crippen molar-refractivity contribution >= 4 is 0 Å². The van der Waals surface area contributed by atoms with Crippen molar-refractivity contribution in [1.29, 1.82) is 0 Å². The zero-order valence-electron chi connectivity index (χ0n) is 11.3. The largest absolute Gasteiger partial charge is 0.481 e. The summed E-state index contributed by atoms with van der Waals surface area (Å²) in [5, 5.41) is 3.10. The van der Waals surface area contributed by atoms with Crippen LogP contribution in [-0.2, 0) is 6.54 Å². The number of ether oxygens (including phenoxy) is 2. The minimum Gasteiger partial charge on any atom is -0.481 e. The second kappa shape index (κ2) is 6.15. The van der Waals surface area contributed by atoms with Gasteiger partial charge in [-0.2, -0.15) is 0 Å². The first-order valence-electron chi connectivity index (χ1n) is 6.01. The van der Waals surface area contributed by atoms with Crippen LogP contribution in [0.4, 0.5) is 0 Å². The Hall–Kier alpha value is -2.14. The number of methoxy groups -OCH3 is 1. The van der Waals surface area contributed by atoms with Gasteiger partial charge < -0.3 is 14.8 Å². The monoisotopic (exact) mass is 259 g/mol. The summed E-state index contributed by atoms with van der Waals surface area (Å²) >= 11 is 0. The molecule has 0 spiro atoms. The van der Waals surface area contributed by atoms with Crippen LogP contribution in [0.1, 0.15) is 11.1 Å². The van der Waals surface area contributed by atoms with Gasteiger partial charge in [0.25, 0.3) is 0 Å². The molecule has 100 valence electrons. The average Bonchev–Trinajstić information content (AvgIpc) is 2.43. The second-order valence-corrected chi connectivity index (χ2v) is 4.09. The molecule has 1 aromatic carbocycles. The molecule has 0 aliphatic heterocycles. The summed E-state index contributed by atoms with van der Waals surface area (Å²) in [4.78, 5) is 8.13. The van der Waals surface area contributed by atoms with E-state index in [0.29, 0.717) is 11.8 Å². The van der Waals surface area contributed by atoms with E-state index < -0.39 is 0 Å². The zero-order chi connectivity index (χ0) is 13.7. The van der Waals surface area contributed by atoms with Gasteiger partial charge in [0, 0.05) is 6.54 Å². The van der Waals surface area contributed by atoms with Crippen molar-refractivity contribution in [2.45, 2.75) is 13.5 Å². The first-order chi connectivity index (χ1) is 9.24. The molecule has 5 heteroatoms. The predicted octanol–water partition coefficient (Wildman–Crippen LogP) is 2.31. The average molecular weight is 259 g/mol. The number of nitrogens with zero attached hydrogens (tertiary/aromatic N) is 2. The third-order valence-corrected chi connectivity index (χ3v) is 2.70. The Morgan fingerprint density at radius 2 is 1.79 bits per heavy atom. The summed E-state index contributed by atoms with van der Waals surface area (Å²) in [7, 11) is 3.49. The van der Waals surface area contributed by atoms with E-state index in [-0.39, 0.29) is 0 Å². The molecule has 0 unspecified atom stereocenters. The lowest BCUT2D eigenvalue weighted by Gasteiger charge is -2.09. The van der Waals surface area contributed by atoms with E-state index >= 15 is 0 Å². The summed E-state index contributed by atoms with van der Waals surface area (Å²) in [6.45, 7) is 2.70. The molecule has 0 fully saturated rings. The molecule has 0 bridgehead atoms. The molecule has 0 aliphatic carbocycles. The predicted molar refractivity (Wildman–Crippen MR) is 72.6 cm³/mol. The Labute approximate surface area is 112 Å². The summed E-state index contributed by atoms with van der Waals surface area (Å²) in [5.74, 6) is 1.77. The van der Waals surface area contributed by atoms with Crippen molar-refractivity contribution in [3.8, 4) is 17.5 Å². The minimum absolute atomic E-state index is 0.508. The van der Waals surface area contributed by atoms with Crippen LogP contribution in [0.25, 0.3) is 0 Å². The molecule has 1 heterocycles. The summed E-state index contributed by atoms with van der Waals surface area (Å²) in [6.07, 6.45) is 1.43. The number of hydrogen-bond donors (Lipinski definition) is 1. The first kappa shape index (κ1) is 13.3. The van der Waals surface area contributed by atoms with Crippen molar-refractivity contribution in [2.75, 3.05) is 14.2 Å². The van der Waals surface area contributed by atoms with Gasteiger partial charge >= 0.3 is 0 Å². The van der Waals surface area contributed by atoms with E-state index in [1.165, 1.54) is 11.9 Å². The molecule has 5 nitrogen and oxygen atoms in total. The molecule has 0 saturated carbocycles. The van der Waals surface area contributed by atoms with Crippen LogP contribution in [0.5, 0.6) is 17.5 Å². The number of rotatable bonds is 5. The molecule has 0 atom stereocenters. The van der Waals surface area contributed by atoms with Crippen LogP contribution in [0.2, 0.25) is 0 Å². The molecule has 0 saturated heterocycles. The highest BCUT2D eigenvalue weighted by Crippen LogP contribution is 2.27. The van der Waals surface area contributed by atoms with Crippen molar-refractivity contribution < 1.29 is 9.47 Å². The van der Waals surface area contributed by atoms with Gasteiger partial charge in [0.2, 0.25) is 11.8 Å². The van der Waals surface area contributed by atoms with Gasteiger partial charge in [-0.1, -0.05) is 12.1 Å². The summed E-state index contributed by atoms with van der Waals surface area (Å²) < 4.78 is 10.9. The normalized spacial score (nSPS) is 10.3.